The van der Waals surface area contributed by atoms with Crippen LogP contribution >= 0.6 is 0 Å². The highest BCUT2D eigenvalue weighted by molar-refractivity contribution is 5.97. The van der Waals surface area contributed by atoms with Crippen molar-refractivity contribution in [2.75, 3.05) is 0 Å². The molecule has 4 heteroatoms. The lowest BCUT2D eigenvalue weighted by atomic mass is 9.99. The number of rotatable bonds is 4. The topological polar surface area (TPSA) is 63.1 Å². The second-order valence-electron chi connectivity index (χ2n) is 7.76. The fraction of sp³-hybridized carbons (Fsp3) is 0.0357. The van der Waals surface area contributed by atoms with E-state index in [2.05, 4.69) is 48.3 Å². The molecule has 154 valence electrons. The van der Waals surface area contributed by atoms with Crippen molar-refractivity contribution in [1.82, 2.24) is 9.97 Å². The average molecular weight is 416 g/mol. The predicted molar refractivity (Wildman–Crippen MR) is 128 cm³/mol. The molecule has 0 aliphatic heterocycles. The molecule has 0 unspecified atom stereocenters. The van der Waals surface area contributed by atoms with Crippen LogP contribution in [-0.2, 0) is 0 Å². The summed E-state index contributed by atoms with van der Waals surface area (Å²) in [4.78, 5) is 21.0. The van der Waals surface area contributed by atoms with E-state index in [4.69, 9.17) is 4.98 Å². The average Bonchev–Trinajstić information content (AvgIpc) is 2.83. The quantitative estimate of drug-likeness (QED) is 0.357. The minimum absolute atomic E-state index is 0.268. The van der Waals surface area contributed by atoms with E-state index in [1.807, 2.05) is 42.5 Å². The van der Waals surface area contributed by atoms with Crippen molar-refractivity contribution in [3.8, 4) is 33.5 Å². The number of carboxylic acid groups (broad SMARTS) is 1. The van der Waals surface area contributed by atoms with Crippen LogP contribution in [0.5, 0.6) is 0 Å². The van der Waals surface area contributed by atoms with Crippen molar-refractivity contribution < 1.29 is 9.90 Å². The first-order chi connectivity index (χ1) is 15.6. The van der Waals surface area contributed by atoms with E-state index in [9.17, 15) is 9.90 Å². The van der Waals surface area contributed by atoms with Crippen LogP contribution in [0.25, 0.3) is 44.5 Å². The molecule has 4 nitrogen and oxygen atoms in total. The molecule has 1 N–H and O–H groups in total. The minimum atomic E-state index is -0.948. The van der Waals surface area contributed by atoms with Gasteiger partial charge in [-0.25, -0.2) is 9.78 Å². The van der Waals surface area contributed by atoms with Gasteiger partial charge in [0.2, 0.25) is 0 Å². The Kier molecular flexibility index (Phi) is 4.96. The third kappa shape index (κ3) is 3.74. The molecule has 0 amide bonds. The number of hydrogen-bond donors (Lipinski definition) is 1. The van der Waals surface area contributed by atoms with Gasteiger partial charge in [-0.1, -0.05) is 72.3 Å². The highest BCUT2D eigenvalue weighted by Crippen LogP contribution is 2.29. The Labute approximate surface area is 185 Å². The van der Waals surface area contributed by atoms with Crippen molar-refractivity contribution in [3.63, 3.8) is 0 Å². The van der Waals surface area contributed by atoms with E-state index in [0.29, 0.717) is 5.56 Å². The van der Waals surface area contributed by atoms with Crippen LogP contribution in [-0.4, -0.2) is 21.0 Å². The van der Waals surface area contributed by atoms with Gasteiger partial charge in [0.1, 0.15) is 0 Å². The van der Waals surface area contributed by atoms with Crippen LogP contribution in [0.1, 0.15) is 15.9 Å². The number of carboxylic acids is 1. The molecule has 5 rings (SSSR count). The summed E-state index contributed by atoms with van der Waals surface area (Å²) in [5.74, 6) is -0.948. The second-order valence-corrected chi connectivity index (χ2v) is 7.76. The van der Waals surface area contributed by atoms with Crippen LogP contribution < -0.4 is 0 Å². The molecule has 0 spiro atoms. The van der Waals surface area contributed by atoms with Gasteiger partial charge in [0.15, 0.2) is 0 Å². The zero-order valence-electron chi connectivity index (χ0n) is 17.5. The van der Waals surface area contributed by atoms with Crippen LogP contribution in [0.15, 0.2) is 97.2 Å². The van der Waals surface area contributed by atoms with E-state index in [1.165, 1.54) is 11.1 Å². The predicted octanol–water partition coefficient (Wildman–Crippen LogP) is 6.64. The van der Waals surface area contributed by atoms with Gasteiger partial charge in [0.05, 0.1) is 28.5 Å². The Hall–Kier alpha value is -4.31. The summed E-state index contributed by atoms with van der Waals surface area (Å²) in [6.07, 6.45) is 1.77. The molecule has 5 aromatic rings. The summed E-state index contributed by atoms with van der Waals surface area (Å²) in [5, 5.41) is 9.49. The first-order valence-electron chi connectivity index (χ1n) is 10.4. The maximum Gasteiger partial charge on any atom is 0.336 e. The Morgan fingerprint density at radius 1 is 0.719 bits per heavy atom. The second kappa shape index (κ2) is 8.08. The van der Waals surface area contributed by atoms with E-state index >= 15 is 0 Å². The molecule has 32 heavy (non-hydrogen) atoms. The smallest absolute Gasteiger partial charge is 0.336 e. The molecule has 1 heterocycles. The van der Waals surface area contributed by atoms with E-state index < -0.39 is 5.97 Å². The molecular weight excluding hydrogens is 396 g/mol. The van der Waals surface area contributed by atoms with Gasteiger partial charge in [-0.3, -0.25) is 4.98 Å². The van der Waals surface area contributed by atoms with E-state index in [-0.39, 0.29) is 5.56 Å². The highest BCUT2D eigenvalue weighted by atomic mass is 16.4. The number of aromatic carboxylic acids is 1. The number of benzene rings is 4. The normalized spacial score (nSPS) is 10.9. The number of aryl methyl sites for hydroxylation is 1. The standard InChI is InChI=1S/C28H20N2O2/c1-18-6-4-7-19(14-18)20-8-5-9-22(15-20)27-17-29-26-16-21(12-13-25(26)30-27)23-10-2-3-11-24(23)28(31)32/h2-17H,1H3,(H,31,32). The molecule has 4 aromatic carbocycles. The first-order valence-corrected chi connectivity index (χ1v) is 10.4. The summed E-state index contributed by atoms with van der Waals surface area (Å²) < 4.78 is 0. The van der Waals surface area contributed by atoms with Gasteiger partial charge in [0, 0.05) is 5.56 Å². The monoisotopic (exact) mass is 416 g/mol. The van der Waals surface area contributed by atoms with Crippen LogP contribution in [0.4, 0.5) is 0 Å². The molecule has 0 aliphatic rings. The Bertz CT molecular complexity index is 1470. The number of carbonyl (C=O) groups is 1. The first kappa shape index (κ1) is 19.6. The van der Waals surface area contributed by atoms with Gasteiger partial charge in [0.25, 0.3) is 0 Å². The maximum absolute atomic E-state index is 11.6. The Balaban J connectivity index is 1.54. The SMILES string of the molecule is Cc1cccc(-c2cccc(-c3cnc4cc(-c5ccccc5C(=O)O)ccc4n3)c2)c1. The zero-order chi connectivity index (χ0) is 22.1. The van der Waals surface area contributed by atoms with Gasteiger partial charge in [-0.15, -0.1) is 0 Å². The van der Waals surface area contributed by atoms with Gasteiger partial charge in [-0.2, -0.15) is 0 Å². The van der Waals surface area contributed by atoms with Gasteiger partial charge < -0.3 is 5.11 Å². The molecule has 0 fully saturated rings. The van der Waals surface area contributed by atoms with Crippen molar-refractivity contribution in [2.24, 2.45) is 0 Å². The summed E-state index contributed by atoms with van der Waals surface area (Å²) in [6, 6.07) is 29.4. The Morgan fingerprint density at radius 2 is 1.47 bits per heavy atom. The summed E-state index contributed by atoms with van der Waals surface area (Å²) in [7, 11) is 0. The summed E-state index contributed by atoms with van der Waals surface area (Å²) >= 11 is 0. The van der Waals surface area contributed by atoms with E-state index in [1.54, 1.807) is 18.3 Å². The largest absolute Gasteiger partial charge is 0.478 e. The van der Waals surface area contributed by atoms with Crippen molar-refractivity contribution in [2.45, 2.75) is 6.92 Å². The lowest BCUT2D eigenvalue weighted by Crippen LogP contribution is -1.99. The molecule has 0 saturated heterocycles. The Morgan fingerprint density at radius 3 is 2.28 bits per heavy atom. The van der Waals surface area contributed by atoms with Crippen molar-refractivity contribution in [1.29, 1.82) is 0 Å². The van der Waals surface area contributed by atoms with Gasteiger partial charge in [-0.05, 0) is 53.4 Å². The number of nitrogens with zero attached hydrogens (tertiary/aromatic N) is 2. The number of fused-ring (bicyclic) bond motifs is 1. The summed E-state index contributed by atoms with van der Waals surface area (Å²) in [5.41, 5.74) is 8.54. The van der Waals surface area contributed by atoms with E-state index in [0.717, 1.165) is 33.4 Å². The van der Waals surface area contributed by atoms with Crippen LogP contribution in [0, 0.1) is 6.92 Å². The molecule has 1 aromatic heterocycles. The van der Waals surface area contributed by atoms with Crippen LogP contribution in [0.3, 0.4) is 0 Å². The van der Waals surface area contributed by atoms with Crippen LogP contribution in [0.2, 0.25) is 0 Å². The fourth-order valence-corrected chi connectivity index (χ4v) is 3.92. The summed E-state index contributed by atoms with van der Waals surface area (Å²) in [6.45, 7) is 2.09. The molecule has 0 atom stereocenters. The third-order valence-corrected chi connectivity index (χ3v) is 5.52. The number of hydrogen-bond acceptors (Lipinski definition) is 3. The molecular formula is C28H20N2O2. The zero-order valence-corrected chi connectivity index (χ0v) is 17.5. The lowest BCUT2D eigenvalue weighted by Gasteiger charge is -2.09. The van der Waals surface area contributed by atoms with Crippen molar-refractivity contribution in [3.05, 3.63) is 108 Å². The number of aromatic nitrogens is 2. The molecule has 0 bridgehead atoms. The highest BCUT2D eigenvalue weighted by Gasteiger charge is 2.12. The molecule has 0 saturated carbocycles. The third-order valence-electron chi connectivity index (χ3n) is 5.52. The maximum atomic E-state index is 11.6. The lowest BCUT2D eigenvalue weighted by molar-refractivity contribution is 0.0697. The van der Waals surface area contributed by atoms with Crippen molar-refractivity contribution >= 4 is 17.0 Å². The fourth-order valence-electron chi connectivity index (χ4n) is 3.92. The minimum Gasteiger partial charge on any atom is -0.478 e. The molecule has 0 aliphatic carbocycles. The van der Waals surface area contributed by atoms with Gasteiger partial charge >= 0.3 is 5.97 Å². The molecule has 0 radical (unpaired) electrons.